The largest absolute Gasteiger partial charge is 0.481 e. The predicted octanol–water partition coefficient (Wildman–Crippen LogP) is 3.18. The Morgan fingerprint density at radius 3 is 3.00 bits per heavy atom. The number of thiophene rings is 1. The molecule has 0 radical (unpaired) electrons. The molecule has 2 aliphatic carbocycles. The van der Waals surface area contributed by atoms with E-state index in [4.69, 9.17) is 4.98 Å². The van der Waals surface area contributed by atoms with Crippen LogP contribution in [0.4, 0.5) is 5.82 Å². The number of hydrogen-bond donors (Lipinski definition) is 1. The van der Waals surface area contributed by atoms with Gasteiger partial charge < -0.3 is 10.0 Å². The van der Waals surface area contributed by atoms with Crippen LogP contribution in [0.5, 0.6) is 0 Å². The molecule has 2 aromatic heterocycles. The zero-order chi connectivity index (χ0) is 16.5. The summed E-state index contributed by atoms with van der Waals surface area (Å²) >= 11 is 1.81. The van der Waals surface area contributed by atoms with E-state index in [0.717, 1.165) is 55.1 Å². The van der Waals surface area contributed by atoms with E-state index in [2.05, 4.69) is 9.88 Å². The standard InChI is InChI=1S/C18H21N3O2S/c1-10-19-15(14-12-5-2-6-13(12)24-16(14)20-10)21-8-11-4-3-7-18(11,9-21)17(22)23/h11H,2-9H2,1H3,(H,22,23)/t11-,18+/m0/s1. The molecule has 1 N–H and O–H groups in total. The molecule has 0 spiro atoms. The van der Waals surface area contributed by atoms with Crippen molar-refractivity contribution in [3.63, 3.8) is 0 Å². The molecule has 5 rings (SSSR count). The molecule has 0 unspecified atom stereocenters. The molecule has 1 aliphatic heterocycles. The number of fused-ring (bicyclic) bond motifs is 4. The summed E-state index contributed by atoms with van der Waals surface area (Å²) in [6, 6.07) is 0. The van der Waals surface area contributed by atoms with E-state index >= 15 is 0 Å². The van der Waals surface area contributed by atoms with Crippen LogP contribution < -0.4 is 4.90 Å². The lowest BCUT2D eigenvalue weighted by molar-refractivity contribution is -0.149. The van der Waals surface area contributed by atoms with Crippen molar-refractivity contribution in [3.8, 4) is 0 Å². The van der Waals surface area contributed by atoms with Crippen LogP contribution in [0, 0.1) is 18.3 Å². The quantitative estimate of drug-likeness (QED) is 0.907. The van der Waals surface area contributed by atoms with Crippen molar-refractivity contribution in [1.82, 2.24) is 9.97 Å². The fourth-order valence-corrected chi connectivity index (χ4v) is 6.41. The summed E-state index contributed by atoms with van der Waals surface area (Å²) in [6.45, 7) is 3.36. The third-order valence-electron chi connectivity index (χ3n) is 6.25. The number of carboxylic acid groups (broad SMARTS) is 1. The van der Waals surface area contributed by atoms with Gasteiger partial charge in [0.05, 0.1) is 10.8 Å². The first-order valence-corrected chi connectivity index (χ1v) is 9.67. The van der Waals surface area contributed by atoms with Crippen LogP contribution in [-0.2, 0) is 17.6 Å². The summed E-state index contributed by atoms with van der Waals surface area (Å²) in [7, 11) is 0. The zero-order valence-corrected chi connectivity index (χ0v) is 14.7. The number of aryl methyl sites for hydroxylation is 3. The summed E-state index contributed by atoms with van der Waals surface area (Å²) in [4.78, 5) is 26.2. The Morgan fingerprint density at radius 2 is 2.21 bits per heavy atom. The molecular formula is C18H21N3O2S. The molecule has 2 aromatic rings. The number of nitrogens with zero attached hydrogens (tertiary/aromatic N) is 3. The van der Waals surface area contributed by atoms with E-state index in [1.807, 2.05) is 6.92 Å². The second-order valence-corrected chi connectivity index (χ2v) is 8.65. The molecule has 0 bridgehead atoms. The minimum absolute atomic E-state index is 0.256. The molecule has 0 aromatic carbocycles. The van der Waals surface area contributed by atoms with Gasteiger partial charge in [-0.25, -0.2) is 9.97 Å². The molecule has 2 atom stereocenters. The molecule has 24 heavy (non-hydrogen) atoms. The lowest BCUT2D eigenvalue weighted by Gasteiger charge is -2.24. The van der Waals surface area contributed by atoms with Gasteiger partial charge >= 0.3 is 5.97 Å². The minimum Gasteiger partial charge on any atom is -0.481 e. The molecule has 126 valence electrons. The average Bonchev–Trinajstić information content (AvgIpc) is 3.23. The van der Waals surface area contributed by atoms with E-state index in [9.17, 15) is 9.90 Å². The van der Waals surface area contributed by atoms with Crippen molar-refractivity contribution in [3.05, 3.63) is 16.3 Å². The molecule has 5 nitrogen and oxygen atoms in total. The van der Waals surface area contributed by atoms with E-state index in [1.54, 1.807) is 11.3 Å². The Hall–Kier alpha value is -1.69. The average molecular weight is 343 g/mol. The summed E-state index contributed by atoms with van der Waals surface area (Å²) < 4.78 is 0. The van der Waals surface area contributed by atoms with Gasteiger partial charge in [-0.3, -0.25) is 4.79 Å². The van der Waals surface area contributed by atoms with Gasteiger partial charge in [-0.2, -0.15) is 0 Å². The molecule has 0 amide bonds. The van der Waals surface area contributed by atoms with Crippen molar-refractivity contribution < 1.29 is 9.90 Å². The fraction of sp³-hybridized carbons (Fsp3) is 0.611. The maximum atomic E-state index is 12.0. The predicted molar refractivity (Wildman–Crippen MR) is 93.8 cm³/mol. The highest BCUT2D eigenvalue weighted by atomic mass is 32.1. The molecule has 3 aliphatic rings. The summed E-state index contributed by atoms with van der Waals surface area (Å²) in [5.41, 5.74) is 0.858. The Labute approximate surface area is 144 Å². The SMILES string of the molecule is Cc1nc(N2C[C@@H]3CCC[C@@]3(C(=O)O)C2)c2c3c(sc2n1)CCC3. The van der Waals surface area contributed by atoms with Gasteiger partial charge in [0.25, 0.3) is 0 Å². The maximum Gasteiger partial charge on any atom is 0.311 e. The van der Waals surface area contributed by atoms with Gasteiger partial charge in [-0.05, 0) is 50.5 Å². The second kappa shape index (κ2) is 4.91. The van der Waals surface area contributed by atoms with Crippen molar-refractivity contribution in [1.29, 1.82) is 0 Å². The van der Waals surface area contributed by atoms with E-state index < -0.39 is 11.4 Å². The van der Waals surface area contributed by atoms with Crippen LogP contribution >= 0.6 is 11.3 Å². The van der Waals surface area contributed by atoms with Crippen molar-refractivity contribution in [2.45, 2.75) is 45.4 Å². The fourth-order valence-electron chi connectivity index (χ4n) is 5.11. The van der Waals surface area contributed by atoms with Gasteiger partial charge in [-0.15, -0.1) is 11.3 Å². The van der Waals surface area contributed by atoms with Crippen LogP contribution in [0.1, 0.15) is 41.9 Å². The van der Waals surface area contributed by atoms with Crippen LogP contribution in [-0.4, -0.2) is 34.1 Å². The highest BCUT2D eigenvalue weighted by Gasteiger charge is 2.55. The lowest BCUT2D eigenvalue weighted by atomic mass is 9.81. The van der Waals surface area contributed by atoms with Gasteiger partial charge in [-0.1, -0.05) is 6.42 Å². The first-order chi connectivity index (χ1) is 11.6. The number of carbonyl (C=O) groups is 1. The van der Waals surface area contributed by atoms with Gasteiger partial charge in [0, 0.05) is 18.0 Å². The van der Waals surface area contributed by atoms with E-state index in [0.29, 0.717) is 6.54 Å². The first kappa shape index (κ1) is 14.6. The Morgan fingerprint density at radius 1 is 1.33 bits per heavy atom. The third kappa shape index (κ3) is 1.83. The van der Waals surface area contributed by atoms with E-state index in [-0.39, 0.29) is 5.92 Å². The van der Waals surface area contributed by atoms with Gasteiger partial charge in [0.15, 0.2) is 0 Å². The molecule has 6 heteroatoms. The number of aromatic nitrogens is 2. The lowest BCUT2D eigenvalue weighted by Crippen LogP contribution is -2.35. The number of hydrogen-bond acceptors (Lipinski definition) is 5. The number of aliphatic carboxylic acids is 1. The number of anilines is 1. The highest BCUT2D eigenvalue weighted by molar-refractivity contribution is 7.19. The van der Waals surface area contributed by atoms with Crippen molar-refractivity contribution in [2.75, 3.05) is 18.0 Å². The third-order valence-corrected chi connectivity index (χ3v) is 7.44. The molecule has 1 saturated carbocycles. The summed E-state index contributed by atoms with van der Waals surface area (Å²) in [6.07, 6.45) is 6.34. The Bertz CT molecular complexity index is 862. The van der Waals surface area contributed by atoms with Crippen LogP contribution in [0.3, 0.4) is 0 Å². The molecule has 1 saturated heterocycles. The Balaban J connectivity index is 1.64. The topological polar surface area (TPSA) is 66.3 Å². The smallest absolute Gasteiger partial charge is 0.311 e. The van der Waals surface area contributed by atoms with Crippen LogP contribution in [0.2, 0.25) is 0 Å². The molecular weight excluding hydrogens is 322 g/mol. The second-order valence-electron chi connectivity index (χ2n) is 7.56. The molecule has 3 heterocycles. The molecule has 2 fully saturated rings. The normalized spacial score (nSPS) is 28.5. The van der Waals surface area contributed by atoms with Crippen LogP contribution in [0.15, 0.2) is 0 Å². The minimum atomic E-state index is -0.620. The van der Waals surface area contributed by atoms with Crippen LogP contribution in [0.25, 0.3) is 10.2 Å². The van der Waals surface area contributed by atoms with Gasteiger partial charge in [0.2, 0.25) is 0 Å². The van der Waals surface area contributed by atoms with Crippen molar-refractivity contribution in [2.24, 2.45) is 11.3 Å². The van der Waals surface area contributed by atoms with Gasteiger partial charge in [0.1, 0.15) is 16.5 Å². The summed E-state index contributed by atoms with van der Waals surface area (Å²) in [5.74, 6) is 1.42. The maximum absolute atomic E-state index is 12.0. The van der Waals surface area contributed by atoms with E-state index in [1.165, 1.54) is 22.2 Å². The zero-order valence-electron chi connectivity index (χ0n) is 13.8. The Kier molecular flexibility index (Phi) is 2.99. The highest BCUT2D eigenvalue weighted by Crippen LogP contribution is 2.51. The summed E-state index contributed by atoms with van der Waals surface area (Å²) in [5, 5.41) is 11.1. The number of rotatable bonds is 2. The number of carboxylic acids is 1. The van der Waals surface area contributed by atoms with Crippen molar-refractivity contribution >= 4 is 33.3 Å². The monoisotopic (exact) mass is 343 g/mol. The first-order valence-electron chi connectivity index (χ1n) is 8.86.